The Balaban J connectivity index is 2.00. The van der Waals surface area contributed by atoms with Gasteiger partial charge in [-0.1, -0.05) is 79.7 Å². The minimum atomic E-state index is -3.77. The number of hydrogen-bond donors (Lipinski definition) is 1. The summed E-state index contributed by atoms with van der Waals surface area (Å²) in [7, 11) is -3.77. The van der Waals surface area contributed by atoms with E-state index in [9.17, 15) is 18.0 Å². The minimum Gasteiger partial charge on any atom is -0.355 e. The van der Waals surface area contributed by atoms with Crippen molar-refractivity contribution >= 4 is 27.5 Å². The zero-order valence-corrected chi connectivity index (χ0v) is 22.4. The number of amides is 2. The van der Waals surface area contributed by atoms with Crippen LogP contribution in [0.3, 0.4) is 0 Å². The van der Waals surface area contributed by atoms with Gasteiger partial charge in [0, 0.05) is 19.5 Å². The van der Waals surface area contributed by atoms with Crippen molar-refractivity contribution in [1.29, 1.82) is 0 Å². The molecule has 1 N–H and O–H groups in total. The monoisotopic (exact) mass is 521 g/mol. The van der Waals surface area contributed by atoms with E-state index in [0.717, 1.165) is 33.7 Å². The van der Waals surface area contributed by atoms with Crippen LogP contribution in [-0.4, -0.2) is 50.5 Å². The SMILES string of the molecule is CCNC(=O)[C@H](Cc1ccccc1)N(Cc1ccccc1)C(=O)CN(c1ccc(CC)cc1)S(C)(=O)=O. The molecular formula is C29H35N3O4S. The quantitative estimate of drug-likeness (QED) is 0.393. The molecule has 0 spiro atoms. The van der Waals surface area contributed by atoms with E-state index in [0.29, 0.717) is 18.7 Å². The Morgan fingerprint density at radius 3 is 1.89 bits per heavy atom. The summed E-state index contributed by atoms with van der Waals surface area (Å²) in [6.07, 6.45) is 2.20. The number of carbonyl (C=O) groups is 2. The topological polar surface area (TPSA) is 86.8 Å². The second-order valence-corrected chi connectivity index (χ2v) is 10.8. The lowest BCUT2D eigenvalue weighted by atomic mass is 10.0. The van der Waals surface area contributed by atoms with Crippen molar-refractivity contribution in [2.45, 2.75) is 39.3 Å². The van der Waals surface area contributed by atoms with E-state index in [1.807, 2.05) is 86.6 Å². The lowest BCUT2D eigenvalue weighted by Gasteiger charge is -2.33. The summed E-state index contributed by atoms with van der Waals surface area (Å²) in [5, 5.41) is 2.85. The van der Waals surface area contributed by atoms with Gasteiger partial charge < -0.3 is 10.2 Å². The average molecular weight is 522 g/mol. The standard InChI is InChI=1S/C29H35N3O4S/c1-4-23-16-18-26(19-17-23)32(37(3,35)36)22-28(33)31(21-25-14-10-7-11-15-25)27(29(34)30-5-2)20-24-12-8-6-9-13-24/h6-19,27H,4-5,20-22H2,1-3H3,(H,30,34)/t27-/m0/s1. The maximum atomic E-state index is 13.9. The maximum absolute atomic E-state index is 13.9. The summed E-state index contributed by atoms with van der Waals surface area (Å²) in [6.45, 7) is 4.01. The van der Waals surface area contributed by atoms with Crippen LogP contribution < -0.4 is 9.62 Å². The molecule has 0 aliphatic heterocycles. The molecule has 0 radical (unpaired) electrons. The van der Waals surface area contributed by atoms with E-state index in [1.54, 1.807) is 12.1 Å². The van der Waals surface area contributed by atoms with Gasteiger partial charge in [-0.15, -0.1) is 0 Å². The van der Waals surface area contributed by atoms with Crippen molar-refractivity contribution in [3.05, 3.63) is 102 Å². The molecule has 0 fully saturated rings. The van der Waals surface area contributed by atoms with Gasteiger partial charge in [-0.3, -0.25) is 13.9 Å². The zero-order chi connectivity index (χ0) is 26.8. The Kier molecular flexibility index (Phi) is 9.85. The van der Waals surface area contributed by atoms with E-state index in [-0.39, 0.29) is 12.5 Å². The van der Waals surface area contributed by atoms with Gasteiger partial charge >= 0.3 is 0 Å². The van der Waals surface area contributed by atoms with E-state index in [1.165, 1.54) is 4.90 Å². The van der Waals surface area contributed by atoms with E-state index < -0.39 is 28.5 Å². The summed E-state index contributed by atoms with van der Waals surface area (Å²) in [5.41, 5.74) is 3.22. The predicted molar refractivity (Wildman–Crippen MR) is 148 cm³/mol. The molecule has 37 heavy (non-hydrogen) atoms. The summed E-state index contributed by atoms with van der Waals surface area (Å²) >= 11 is 0. The highest BCUT2D eigenvalue weighted by molar-refractivity contribution is 7.92. The van der Waals surface area contributed by atoms with Gasteiger partial charge in [0.15, 0.2) is 0 Å². The van der Waals surface area contributed by atoms with Crippen LogP contribution in [0.2, 0.25) is 0 Å². The van der Waals surface area contributed by atoms with Crippen LogP contribution in [0.1, 0.15) is 30.5 Å². The van der Waals surface area contributed by atoms with Crippen molar-refractivity contribution in [1.82, 2.24) is 10.2 Å². The summed E-state index contributed by atoms with van der Waals surface area (Å²) in [5.74, 6) is -0.741. The molecule has 8 heteroatoms. The van der Waals surface area contributed by atoms with Crippen molar-refractivity contribution in [2.75, 3.05) is 23.7 Å². The Morgan fingerprint density at radius 2 is 1.38 bits per heavy atom. The molecule has 196 valence electrons. The van der Waals surface area contributed by atoms with Crippen LogP contribution in [0.5, 0.6) is 0 Å². The van der Waals surface area contributed by atoms with Crippen LogP contribution >= 0.6 is 0 Å². The average Bonchev–Trinajstić information content (AvgIpc) is 2.90. The first-order valence-corrected chi connectivity index (χ1v) is 14.3. The second-order valence-electron chi connectivity index (χ2n) is 8.90. The molecule has 0 unspecified atom stereocenters. The molecule has 7 nitrogen and oxygen atoms in total. The lowest BCUT2D eigenvalue weighted by molar-refractivity contribution is -0.140. The van der Waals surface area contributed by atoms with Gasteiger partial charge in [0.25, 0.3) is 0 Å². The Bertz CT molecular complexity index is 1260. The van der Waals surface area contributed by atoms with Crippen LogP contribution in [0.4, 0.5) is 5.69 Å². The number of anilines is 1. The van der Waals surface area contributed by atoms with Gasteiger partial charge in [0.1, 0.15) is 12.6 Å². The third-order valence-corrected chi connectivity index (χ3v) is 7.27. The third-order valence-electron chi connectivity index (χ3n) is 6.13. The van der Waals surface area contributed by atoms with Crippen molar-refractivity contribution < 1.29 is 18.0 Å². The van der Waals surface area contributed by atoms with Crippen LogP contribution in [-0.2, 0) is 39.0 Å². The molecule has 0 heterocycles. The molecule has 0 saturated heterocycles. The van der Waals surface area contributed by atoms with Gasteiger partial charge in [-0.05, 0) is 42.2 Å². The van der Waals surface area contributed by atoms with Crippen LogP contribution in [0.25, 0.3) is 0 Å². The zero-order valence-electron chi connectivity index (χ0n) is 21.6. The fourth-order valence-corrected chi connectivity index (χ4v) is 4.99. The van der Waals surface area contributed by atoms with Crippen LogP contribution in [0.15, 0.2) is 84.9 Å². The first-order valence-electron chi connectivity index (χ1n) is 12.4. The predicted octanol–water partition coefficient (Wildman–Crippen LogP) is 3.79. The molecule has 1 atom stereocenters. The largest absolute Gasteiger partial charge is 0.355 e. The number of sulfonamides is 1. The smallest absolute Gasteiger partial charge is 0.244 e. The molecule has 0 aliphatic rings. The number of carbonyl (C=O) groups excluding carboxylic acids is 2. The highest BCUT2D eigenvalue weighted by Crippen LogP contribution is 2.21. The molecule has 0 bridgehead atoms. The molecule has 0 aromatic heterocycles. The first-order chi connectivity index (χ1) is 17.7. The second kappa shape index (κ2) is 13.1. The minimum absolute atomic E-state index is 0.167. The van der Waals surface area contributed by atoms with E-state index >= 15 is 0 Å². The number of nitrogens with zero attached hydrogens (tertiary/aromatic N) is 2. The van der Waals surface area contributed by atoms with Crippen LogP contribution in [0, 0.1) is 0 Å². The van der Waals surface area contributed by atoms with Crippen molar-refractivity contribution in [2.24, 2.45) is 0 Å². The third kappa shape index (κ3) is 7.92. The molecule has 3 aromatic carbocycles. The summed E-state index contributed by atoms with van der Waals surface area (Å²) in [4.78, 5) is 28.6. The summed E-state index contributed by atoms with van der Waals surface area (Å²) in [6, 6.07) is 25.2. The normalized spacial score (nSPS) is 12.0. The number of benzene rings is 3. The van der Waals surface area contributed by atoms with Crippen molar-refractivity contribution in [3.8, 4) is 0 Å². The molecule has 3 rings (SSSR count). The van der Waals surface area contributed by atoms with Gasteiger partial charge in [-0.2, -0.15) is 0 Å². The fourth-order valence-electron chi connectivity index (χ4n) is 4.14. The molecule has 3 aromatic rings. The summed E-state index contributed by atoms with van der Waals surface area (Å²) < 4.78 is 26.7. The molecular weight excluding hydrogens is 486 g/mol. The van der Waals surface area contributed by atoms with Crippen molar-refractivity contribution in [3.63, 3.8) is 0 Å². The van der Waals surface area contributed by atoms with Gasteiger partial charge in [0.2, 0.25) is 21.8 Å². The van der Waals surface area contributed by atoms with Gasteiger partial charge in [0.05, 0.1) is 11.9 Å². The number of rotatable bonds is 12. The Morgan fingerprint density at radius 1 is 0.811 bits per heavy atom. The number of nitrogens with one attached hydrogen (secondary N) is 1. The molecule has 2 amide bonds. The fraction of sp³-hybridized carbons (Fsp3) is 0.310. The molecule has 0 saturated carbocycles. The van der Waals surface area contributed by atoms with E-state index in [4.69, 9.17) is 0 Å². The first kappa shape index (κ1) is 27.9. The maximum Gasteiger partial charge on any atom is 0.244 e. The van der Waals surface area contributed by atoms with E-state index in [2.05, 4.69) is 5.32 Å². The Hall–Kier alpha value is -3.65. The molecule has 0 aliphatic carbocycles. The van der Waals surface area contributed by atoms with Gasteiger partial charge in [-0.25, -0.2) is 8.42 Å². The lowest BCUT2D eigenvalue weighted by Crippen LogP contribution is -2.53. The number of hydrogen-bond acceptors (Lipinski definition) is 4. The highest BCUT2D eigenvalue weighted by Gasteiger charge is 2.32. The Labute approximate surface area is 220 Å². The highest BCUT2D eigenvalue weighted by atomic mass is 32.2. The number of aryl methyl sites for hydroxylation is 1. The number of likely N-dealkylation sites (N-methyl/N-ethyl adjacent to an activating group) is 1.